The van der Waals surface area contributed by atoms with Gasteiger partial charge >= 0.3 is 0 Å². The van der Waals surface area contributed by atoms with Crippen molar-refractivity contribution in [3.05, 3.63) is 35.0 Å². The van der Waals surface area contributed by atoms with E-state index in [1.54, 1.807) is 0 Å². The number of para-hydroxylation sites is 1. The van der Waals surface area contributed by atoms with Crippen LogP contribution < -0.4 is 0 Å². The summed E-state index contributed by atoms with van der Waals surface area (Å²) in [6.45, 7) is 0. The number of fused-ring (bicyclic) bond motifs is 1. The Morgan fingerprint density at radius 1 is 1.46 bits per heavy atom. The summed E-state index contributed by atoms with van der Waals surface area (Å²) < 4.78 is 0. The lowest BCUT2D eigenvalue weighted by Gasteiger charge is -1.90. The van der Waals surface area contributed by atoms with Gasteiger partial charge in [0.15, 0.2) is 0 Å². The third kappa shape index (κ3) is 1.45. The minimum absolute atomic E-state index is 0.408. The molecular weight excluding hydrogens is 186 g/mol. The number of hydrogen-bond acceptors (Lipinski definition) is 1. The number of hydrogen-bond donors (Lipinski definition) is 1. The van der Waals surface area contributed by atoms with E-state index in [1.807, 2.05) is 24.3 Å². The highest BCUT2D eigenvalue weighted by atomic mass is 35.5. The van der Waals surface area contributed by atoms with Gasteiger partial charge in [-0.15, -0.1) is 0 Å². The van der Waals surface area contributed by atoms with Crippen molar-refractivity contribution in [2.24, 2.45) is 0 Å². The van der Waals surface area contributed by atoms with Crippen molar-refractivity contribution in [1.29, 1.82) is 0 Å². The van der Waals surface area contributed by atoms with Gasteiger partial charge in [-0.1, -0.05) is 23.7 Å². The molecule has 0 aliphatic heterocycles. The molecule has 2 nitrogen and oxygen atoms in total. The van der Waals surface area contributed by atoms with Crippen molar-refractivity contribution in [3.63, 3.8) is 0 Å². The first-order valence-corrected chi connectivity index (χ1v) is 4.39. The molecule has 3 heteroatoms. The Labute approximate surface area is 80.5 Å². The van der Waals surface area contributed by atoms with Crippen LogP contribution in [0.4, 0.5) is 0 Å². The van der Waals surface area contributed by atoms with E-state index in [4.69, 9.17) is 11.6 Å². The van der Waals surface area contributed by atoms with E-state index < -0.39 is 0 Å². The van der Waals surface area contributed by atoms with Crippen LogP contribution in [-0.2, 0) is 11.2 Å². The van der Waals surface area contributed by atoms with Gasteiger partial charge in [-0.05, 0) is 12.1 Å². The Kier molecular flexibility index (Phi) is 2.07. The average molecular weight is 194 g/mol. The number of aldehydes is 1. The molecular formula is C10H8ClNO. The Morgan fingerprint density at radius 2 is 2.31 bits per heavy atom. The molecule has 66 valence electrons. The van der Waals surface area contributed by atoms with Gasteiger partial charge in [0.25, 0.3) is 0 Å². The smallest absolute Gasteiger partial charge is 0.125 e. The van der Waals surface area contributed by atoms with Gasteiger partial charge < -0.3 is 9.78 Å². The molecule has 1 aromatic heterocycles. The highest BCUT2D eigenvalue weighted by Crippen LogP contribution is 2.23. The zero-order valence-electron chi connectivity index (χ0n) is 6.88. The summed E-state index contributed by atoms with van der Waals surface area (Å²) in [7, 11) is 0. The lowest BCUT2D eigenvalue weighted by Crippen LogP contribution is -1.83. The van der Waals surface area contributed by atoms with Crippen LogP contribution in [0.2, 0.25) is 5.02 Å². The molecule has 13 heavy (non-hydrogen) atoms. The Balaban J connectivity index is 2.61. The third-order valence-electron chi connectivity index (χ3n) is 1.96. The van der Waals surface area contributed by atoms with E-state index in [1.165, 1.54) is 0 Å². The van der Waals surface area contributed by atoms with Gasteiger partial charge in [-0.25, -0.2) is 0 Å². The normalized spacial score (nSPS) is 10.5. The molecule has 0 fully saturated rings. The van der Waals surface area contributed by atoms with Crippen molar-refractivity contribution < 1.29 is 4.79 Å². The molecule has 1 N–H and O–H groups in total. The maximum absolute atomic E-state index is 10.3. The molecule has 1 heterocycles. The number of aromatic amines is 1. The molecule has 2 rings (SSSR count). The van der Waals surface area contributed by atoms with Crippen molar-refractivity contribution in [1.82, 2.24) is 4.98 Å². The molecule has 0 aliphatic carbocycles. The van der Waals surface area contributed by atoms with E-state index in [2.05, 4.69) is 4.98 Å². The van der Waals surface area contributed by atoms with Gasteiger partial charge in [0.1, 0.15) is 6.29 Å². The Morgan fingerprint density at radius 3 is 3.00 bits per heavy atom. The maximum atomic E-state index is 10.3. The van der Waals surface area contributed by atoms with Gasteiger partial charge in [0.05, 0.1) is 10.5 Å². The number of H-pyrrole nitrogens is 1. The zero-order valence-corrected chi connectivity index (χ0v) is 7.64. The van der Waals surface area contributed by atoms with Crippen LogP contribution in [0, 0.1) is 0 Å². The standard InChI is InChI=1S/C10H8ClNO/c11-9-3-1-2-7-6-8(4-5-13)12-10(7)9/h1-3,5-6,12H,4H2. The second kappa shape index (κ2) is 3.23. The monoisotopic (exact) mass is 193 g/mol. The summed E-state index contributed by atoms with van der Waals surface area (Å²) in [4.78, 5) is 13.4. The number of aromatic nitrogens is 1. The van der Waals surface area contributed by atoms with Gasteiger partial charge in [0.2, 0.25) is 0 Å². The quantitative estimate of drug-likeness (QED) is 0.731. The molecule has 0 amide bonds. The molecule has 1 aromatic carbocycles. The van der Waals surface area contributed by atoms with Crippen LogP contribution in [0.5, 0.6) is 0 Å². The fourth-order valence-electron chi connectivity index (χ4n) is 1.38. The zero-order chi connectivity index (χ0) is 9.26. The highest BCUT2D eigenvalue weighted by molar-refractivity contribution is 6.35. The molecule has 0 saturated heterocycles. The summed E-state index contributed by atoms with van der Waals surface area (Å²) in [5.41, 5.74) is 1.80. The number of carbonyl (C=O) groups is 1. The molecule has 0 aliphatic rings. The Bertz CT molecular complexity index is 447. The largest absolute Gasteiger partial charge is 0.357 e. The van der Waals surface area contributed by atoms with E-state index in [9.17, 15) is 4.79 Å². The number of rotatable bonds is 2. The van der Waals surface area contributed by atoms with Crippen LogP contribution in [0.3, 0.4) is 0 Å². The van der Waals surface area contributed by atoms with Crippen LogP contribution >= 0.6 is 11.6 Å². The fourth-order valence-corrected chi connectivity index (χ4v) is 1.61. The molecule has 0 spiro atoms. The topological polar surface area (TPSA) is 32.9 Å². The molecule has 2 aromatic rings. The Hall–Kier alpha value is -1.28. The summed E-state index contributed by atoms with van der Waals surface area (Å²) in [6.07, 6.45) is 1.28. The number of halogens is 1. The molecule has 0 saturated carbocycles. The van der Waals surface area contributed by atoms with E-state index >= 15 is 0 Å². The fraction of sp³-hybridized carbons (Fsp3) is 0.100. The second-order valence-electron chi connectivity index (χ2n) is 2.87. The number of benzene rings is 1. The molecule has 0 unspecified atom stereocenters. The summed E-state index contributed by atoms with van der Waals surface area (Å²) in [5.74, 6) is 0. The minimum Gasteiger partial charge on any atom is -0.357 e. The van der Waals surface area contributed by atoms with Crippen molar-refractivity contribution in [2.45, 2.75) is 6.42 Å². The summed E-state index contributed by atoms with van der Waals surface area (Å²) in [5, 5.41) is 1.74. The van der Waals surface area contributed by atoms with Gasteiger partial charge in [-0.3, -0.25) is 0 Å². The predicted molar refractivity (Wildman–Crippen MR) is 53.1 cm³/mol. The van der Waals surface area contributed by atoms with Gasteiger partial charge in [0, 0.05) is 17.5 Å². The van der Waals surface area contributed by atoms with Crippen molar-refractivity contribution in [3.8, 4) is 0 Å². The minimum atomic E-state index is 0.408. The van der Waals surface area contributed by atoms with Crippen LogP contribution in [-0.4, -0.2) is 11.3 Å². The van der Waals surface area contributed by atoms with E-state index in [0.29, 0.717) is 11.4 Å². The number of carbonyl (C=O) groups excluding carboxylic acids is 1. The highest BCUT2D eigenvalue weighted by Gasteiger charge is 2.02. The van der Waals surface area contributed by atoms with Crippen molar-refractivity contribution in [2.75, 3.05) is 0 Å². The predicted octanol–water partition coefficient (Wildman–Crippen LogP) is 2.56. The third-order valence-corrected chi connectivity index (χ3v) is 2.28. The van der Waals surface area contributed by atoms with E-state index in [-0.39, 0.29) is 0 Å². The first kappa shape index (κ1) is 8.32. The summed E-state index contributed by atoms with van der Waals surface area (Å²) >= 11 is 5.95. The van der Waals surface area contributed by atoms with Gasteiger partial charge in [-0.2, -0.15) is 0 Å². The first-order valence-electron chi connectivity index (χ1n) is 4.01. The van der Waals surface area contributed by atoms with E-state index in [0.717, 1.165) is 22.9 Å². The lowest BCUT2D eigenvalue weighted by atomic mass is 10.2. The number of nitrogens with one attached hydrogen (secondary N) is 1. The van der Waals surface area contributed by atoms with Crippen molar-refractivity contribution >= 4 is 28.8 Å². The maximum Gasteiger partial charge on any atom is 0.125 e. The van der Waals surface area contributed by atoms with Crippen LogP contribution in [0.1, 0.15) is 5.69 Å². The molecule has 0 radical (unpaired) electrons. The van der Waals surface area contributed by atoms with Crippen LogP contribution in [0.15, 0.2) is 24.3 Å². The SMILES string of the molecule is O=CCc1cc2cccc(Cl)c2[nH]1. The van der Waals surface area contributed by atoms with Crippen LogP contribution in [0.25, 0.3) is 10.9 Å². The second-order valence-corrected chi connectivity index (χ2v) is 3.28. The summed E-state index contributed by atoms with van der Waals surface area (Å²) in [6, 6.07) is 7.62. The molecule has 0 bridgehead atoms. The first-order chi connectivity index (χ1) is 6.31. The average Bonchev–Trinajstić information content (AvgIpc) is 2.49. The lowest BCUT2D eigenvalue weighted by molar-refractivity contribution is -0.107. The molecule has 0 atom stereocenters.